The average molecular weight is 448 g/mol. The van der Waals surface area contributed by atoms with Gasteiger partial charge in [-0.3, -0.25) is 14.9 Å². The third-order valence-electron chi connectivity index (χ3n) is 4.18. The highest BCUT2D eigenvalue weighted by atomic mass is 35.5. The molecular formula is C23H14ClN3O5. The number of nitro groups is 1. The molecule has 0 spiro atoms. The molecule has 0 saturated heterocycles. The summed E-state index contributed by atoms with van der Waals surface area (Å²) in [4.78, 5) is 35.0. The van der Waals surface area contributed by atoms with Crippen molar-refractivity contribution in [3.8, 4) is 11.8 Å². The zero-order valence-corrected chi connectivity index (χ0v) is 17.1. The molecule has 0 atom stereocenters. The molecule has 0 aliphatic carbocycles. The fourth-order valence-corrected chi connectivity index (χ4v) is 2.81. The third-order valence-corrected chi connectivity index (χ3v) is 4.42. The van der Waals surface area contributed by atoms with Crippen LogP contribution >= 0.6 is 11.6 Å². The highest BCUT2D eigenvalue weighted by Crippen LogP contribution is 2.28. The fraction of sp³-hybridized carbons (Fsp3) is 0. The lowest BCUT2D eigenvalue weighted by Crippen LogP contribution is -2.14. The molecule has 32 heavy (non-hydrogen) atoms. The second-order valence-corrected chi connectivity index (χ2v) is 6.80. The van der Waals surface area contributed by atoms with Crippen LogP contribution in [0.3, 0.4) is 0 Å². The number of halogens is 1. The molecule has 0 fully saturated rings. The first-order valence-corrected chi connectivity index (χ1v) is 9.49. The molecule has 8 nitrogen and oxygen atoms in total. The monoisotopic (exact) mass is 447 g/mol. The lowest BCUT2D eigenvalue weighted by Gasteiger charge is -2.06. The van der Waals surface area contributed by atoms with E-state index in [0.717, 1.165) is 6.07 Å². The van der Waals surface area contributed by atoms with Crippen molar-refractivity contribution in [3.05, 3.63) is 105 Å². The molecule has 0 saturated carbocycles. The Balaban J connectivity index is 1.74. The average Bonchev–Trinajstić information content (AvgIpc) is 2.80. The predicted octanol–water partition coefficient (Wildman–Crippen LogP) is 5.01. The van der Waals surface area contributed by atoms with E-state index in [1.54, 1.807) is 48.5 Å². The third kappa shape index (κ3) is 5.56. The number of nitrogens with zero attached hydrogens (tertiary/aromatic N) is 2. The van der Waals surface area contributed by atoms with Crippen LogP contribution in [0.15, 0.2) is 78.4 Å². The number of hydrogen-bond acceptors (Lipinski definition) is 6. The van der Waals surface area contributed by atoms with Crippen molar-refractivity contribution < 1.29 is 19.2 Å². The van der Waals surface area contributed by atoms with Crippen LogP contribution < -0.4 is 10.1 Å². The Bertz CT molecular complexity index is 1250. The number of amides is 1. The highest BCUT2D eigenvalue weighted by molar-refractivity contribution is 6.31. The number of hydrogen-bond donors (Lipinski definition) is 1. The molecule has 3 aromatic rings. The van der Waals surface area contributed by atoms with E-state index in [-0.39, 0.29) is 22.0 Å². The number of nitro benzene ring substituents is 1. The molecule has 0 heterocycles. The van der Waals surface area contributed by atoms with Crippen molar-refractivity contribution in [1.82, 2.24) is 0 Å². The Morgan fingerprint density at radius 2 is 1.75 bits per heavy atom. The predicted molar refractivity (Wildman–Crippen MR) is 118 cm³/mol. The summed E-state index contributed by atoms with van der Waals surface area (Å²) in [5, 5.41) is 23.0. The number of ether oxygens (including phenoxy) is 1. The van der Waals surface area contributed by atoms with Gasteiger partial charge in [0.1, 0.15) is 23.1 Å². The Morgan fingerprint density at radius 3 is 2.38 bits per heavy atom. The van der Waals surface area contributed by atoms with Gasteiger partial charge < -0.3 is 10.1 Å². The van der Waals surface area contributed by atoms with Crippen LogP contribution in [0.1, 0.15) is 15.9 Å². The lowest BCUT2D eigenvalue weighted by atomic mass is 10.1. The summed E-state index contributed by atoms with van der Waals surface area (Å²) in [6.07, 6.45) is 1.31. The lowest BCUT2D eigenvalue weighted by molar-refractivity contribution is -0.383. The van der Waals surface area contributed by atoms with Gasteiger partial charge in [-0.15, -0.1) is 0 Å². The van der Waals surface area contributed by atoms with E-state index in [9.17, 15) is 25.0 Å². The molecule has 3 aromatic carbocycles. The molecule has 0 aromatic heterocycles. The topological polar surface area (TPSA) is 122 Å². The molecular weight excluding hydrogens is 434 g/mol. The van der Waals surface area contributed by atoms with E-state index in [0.29, 0.717) is 11.1 Å². The number of carbonyl (C=O) groups excluding carboxylic acids is 2. The zero-order valence-electron chi connectivity index (χ0n) is 16.3. The minimum atomic E-state index is -0.822. The molecule has 1 amide bonds. The van der Waals surface area contributed by atoms with E-state index in [1.807, 2.05) is 0 Å². The normalized spacial score (nSPS) is 10.7. The maximum Gasteiger partial charge on any atom is 0.343 e. The van der Waals surface area contributed by atoms with Gasteiger partial charge in [0.25, 0.3) is 11.6 Å². The fourth-order valence-electron chi connectivity index (χ4n) is 2.64. The first-order chi connectivity index (χ1) is 15.4. The van der Waals surface area contributed by atoms with Gasteiger partial charge in [0.05, 0.1) is 10.5 Å². The van der Waals surface area contributed by atoms with Gasteiger partial charge >= 0.3 is 5.97 Å². The number of carbonyl (C=O) groups is 2. The number of nitriles is 1. The molecule has 158 valence electrons. The summed E-state index contributed by atoms with van der Waals surface area (Å²) in [5.74, 6) is -1.05. The standard InChI is InChI=1S/C23H14ClN3O5/c24-18-8-11-20(21(13-18)27(30)31)26-22(28)17(14-25)12-15-6-9-19(10-7-15)32-23(29)16-4-2-1-3-5-16/h1-13H,(H,26,28). The van der Waals surface area contributed by atoms with Gasteiger partial charge in [-0.2, -0.15) is 5.26 Å². The van der Waals surface area contributed by atoms with Gasteiger partial charge in [-0.1, -0.05) is 41.9 Å². The molecule has 0 radical (unpaired) electrons. The molecule has 0 aliphatic heterocycles. The van der Waals surface area contributed by atoms with Crippen molar-refractivity contribution in [2.24, 2.45) is 0 Å². The van der Waals surface area contributed by atoms with Crippen LogP contribution in [0.2, 0.25) is 5.02 Å². The molecule has 0 bridgehead atoms. The second-order valence-electron chi connectivity index (χ2n) is 6.37. The molecule has 0 unspecified atom stereocenters. The smallest absolute Gasteiger partial charge is 0.343 e. The Hall–Kier alpha value is -4.48. The number of esters is 1. The van der Waals surface area contributed by atoms with E-state index >= 15 is 0 Å². The van der Waals surface area contributed by atoms with Gasteiger partial charge in [0, 0.05) is 11.1 Å². The Labute approximate surface area is 187 Å². The van der Waals surface area contributed by atoms with E-state index in [1.165, 1.54) is 30.3 Å². The minimum Gasteiger partial charge on any atom is -0.423 e. The molecule has 3 rings (SSSR count). The maximum absolute atomic E-state index is 12.5. The van der Waals surface area contributed by atoms with Crippen molar-refractivity contribution >= 4 is 40.9 Å². The molecule has 9 heteroatoms. The summed E-state index contributed by atoms with van der Waals surface area (Å²) in [5.41, 5.74) is 0.128. The Kier molecular flexibility index (Phi) is 6.95. The van der Waals surface area contributed by atoms with Crippen LogP contribution in [0.5, 0.6) is 5.75 Å². The summed E-state index contributed by atoms with van der Waals surface area (Å²) in [6.45, 7) is 0. The first-order valence-electron chi connectivity index (χ1n) is 9.12. The quantitative estimate of drug-likeness (QED) is 0.141. The van der Waals surface area contributed by atoms with Crippen LogP contribution in [0.25, 0.3) is 6.08 Å². The van der Waals surface area contributed by atoms with Gasteiger partial charge in [0.15, 0.2) is 0 Å². The zero-order chi connectivity index (χ0) is 23.1. The van der Waals surface area contributed by atoms with Crippen molar-refractivity contribution in [3.63, 3.8) is 0 Å². The number of nitrogens with one attached hydrogen (secondary N) is 1. The Morgan fingerprint density at radius 1 is 1.06 bits per heavy atom. The van der Waals surface area contributed by atoms with Crippen molar-refractivity contribution in [1.29, 1.82) is 5.26 Å². The van der Waals surface area contributed by atoms with Crippen LogP contribution in [-0.4, -0.2) is 16.8 Å². The second kappa shape index (κ2) is 10.0. The van der Waals surface area contributed by atoms with E-state index in [2.05, 4.69) is 5.32 Å². The molecule has 0 aliphatic rings. The number of anilines is 1. The number of rotatable bonds is 6. The van der Waals surface area contributed by atoms with Crippen molar-refractivity contribution in [2.75, 3.05) is 5.32 Å². The summed E-state index contributed by atoms with van der Waals surface area (Å²) >= 11 is 5.76. The minimum absolute atomic E-state index is 0.0891. The first kappa shape index (κ1) is 22.2. The number of benzene rings is 3. The van der Waals surface area contributed by atoms with Crippen LogP contribution in [-0.2, 0) is 4.79 Å². The SMILES string of the molecule is N#CC(=Cc1ccc(OC(=O)c2ccccc2)cc1)C(=O)Nc1ccc(Cl)cc1[N+](=O)[O-]. The van der Waals surface area contributed by atoms with Crippen LogP contribution in [0, 0.1) is 21.4 Å². The summed E-state index contributed by atoms with van der Waals surface area (Å²) in [6, 6.07) is 20.2. The van der Waals surface area contributed by atoms with Crippen LogP contribution in [0.4, 0.5) is 11.4 Å². The summed E-state index contributed by atoms with van der Waals surface area (Å²) < 4.78 is 5.28. The largest absolute Gasteiger partial charge is 0.423 e. The van der Waals surface area contributed by atoms with Gasteiger partial charge in [0.2, 0.25) is 0 Å². The van der Waals surface area contributed by atoms with Gasteiger partial charge in [-0.25, -0.2) is 4.79 Å². The van der Waals surface area contributed by atoms with E-state index in [4.69, 9.17) is 16.3 Å². The summed E-state index contributed by atoms with van der Waals surface area (Å²) in [7, 11) is 0. The van der Waals surface area contributed by atoms with Gasteiger partial charge in [-0.05, 0) is 48.0 Å². The molecule has 1 N–H and O–H groups in total. The van der Waals surface area contributed by atoms with Crippen molar-refractivity contribution in [2.45, 2.75) is 0 Å². The highest BCUT2D eigenvalue weighted by Gasteiger charge is 2.18. The maximum atomic E-state index is 12.5. The van der Waals surface area contributed by atoms with E-state index < -0.39 is 22.5 Å².